The summed E-state index contributed by atoms with van der Waals surface area (Å²) in [7, 11) is 0. The summed E-state index contributed by atoms with van der Waals surface area (Å²) in [5.41, 5.74) is 2.34. The topological polar surface area (TPSA) is 49.6 Å². The average molecular weight is 274 g/mol. The molecule has 2 heterocycles. The van der Waals surface area contributed by atoms with Crippen LogP contribution >= 0.6 is 0 Å². The first-order chi connectivity index (χ1) is 9.65. The molecule has 0 bridgehead atoms. The van der Waals surface area contributed by atoms with Crippen molar-refractivity contribution < 1.29 is 4.79 Å². The van der Waals surface area contributed by atoms with Crippen LogP contribution in [0.2, 0.25) is 0 Å². The molecule has 0 aromatic carbocycles. The van der Waals surface area contributed by atoms with Crippen LogP contribution in [0.5, 0.6) is 0 Å². The van der Waals surface area contributed by atoms with E-state index in [-0.39, 0.29) is 5.91 Å². The van der Waals surface area contributed by atoms with Crippen LogP contribution < -0.4 is 5.32 Å². The van der Waals surface area contributed by atoms with E-state index in [1.54, 1.807) is 6.20 Å². The van der Waals surface area contributed by atoms with Crippen LogP contribution in [0.15, 0.2) is 24.4 Å². The first-order valence-electron chi connectivity index (χ1n) is 7.11. The van der Waals surface area contributed by atoms with Crippen molar-refractivity contribution in [2.75, 3.05) is 26.2 Å². The first-order valence-corrected chi connectivity index (χ1v) is 7.11. The molecular formula is C15H22N4O. The molecule has 1 amide bonds. The van der Waals surface area contributed by atoms with Crippen molar-refractivity contribution >= 4 is 11.6 Å². The summed E-state index contributed by atoms with van der Waals surface area (Å²) in [5, 5.41) is 2.92. The number of imidazole rings is 1. The van der Waals surface area contributed by atoms with Gasteiger partial charge in [-0.3, -0.25) is 4.79 Å². The molecule has 0 atom stereocenters. The SMILES string of the molecule is CCN(CC)CCNC(=O)c1cn2c(C)cccc2n1. The Hall–Kier alpha value is -1.88. The maximum atomic E-state index is 12.1. The second-order valence-corrected chi connectivity index (χ2v) is 4.80. The third-order valence-electron chi connectivity index (χ3n) is 3.54. The van der Waals surface area contributed by atoms with Crippen molar-refractivity contribution in [1.29, 1.82) is 0 Å². The summed E-state index contributed by atoms with van der Waals surface area (Å²) in [6.45, 7) is 9.75. The van der Waals surface area contributed by atoms with Gasteiger partial charge >= 0.3 is 0 Å². The number of amides is 1. The van der Waals surface area contributed by atoms with Gasteiger partial charge in [0, 0.05) is 25.0 Å². The van der Waals surface area contributed by atoms with Crippen molar-refractivity contribution in [3.05, 3.63) is 35.8 Å². The highest BCUT2D eigenvalue weighted by Gasteiger charge is 2.11. The maximum Gasteiger partial charge on any atom is 0.271 e. The summed E-state index contributed by atoms with van der Waals surface area (Å²) in [5.74, 6) is -0.111. The Bertz CT molecular complexity index is 587. The zero-order valence-corrected chi connectivity index (χ0v) is 12.4. The Morgan fingerprint density at radius 1 is 1.35 bits per heavy atom. The molecular weight excluding hydrogens is 252 g/mol. The molecule has 2 aromatic heterocycles. The van der Waals surface area contributed by atoms with E-state index in [0.717, 1.165) is 31.0 Å². The van der Waals surface area contributed by atoms with E-state index in [9.17, 15) is 4.79 Å². The first kappa shape index (κ1) is 14.5. The molecule has 108 valence electrons. The number of nitrogens with one attached hydrogen (secondary N) is 1. The van der Waals surface area contributed by atoms with E-state index in [2.05, 4.69) is 29.0 Å². The van der Waals surface area contributed by atoms with Gasteiger partial charge in [0.1, 0.15) is 11.3 Å². The summed E-state index contributed by atoms with van der Waals surface area (Å²) in [6, 6.07) is 5.84. The van der Waals surface area contributed by atoms with Crippen LogP contribution in [0.4, 0.5) is 0 Å². The van der Waals surface area contributed by atoms with Gasteiger partial charge in [0.2, 0.25) is 0 Å². The largest absolute Gasteiger partial charge is 0.349 e. The quantitative estimate of drug-likeness (QED) is 0.872. The number of fused-ring (bicyclic) bond motifs is 1. The molecule has 1 N–H and O–H groups in total. The second-order valence-electron chi connectivity index (χ2n) is 4.80. The Morgan fingerprint density at radius 3 is 2.75 bits per heavy atom. The number of likely N-dealkylation sites (N-methyl/N-ethyl adjacent to an activating group) is 1. The highest BCUT2D eigenvalue weighted by atomic mass is 16.1. The van der Waals surface area contributed by atoms with Crippen LogP contribution in [0.3, 0.4) is 0 Å². The predicted octanol–water partition coefficient (Wildman–Crippen LogP) is 1.71. The molecule has 0 saturated heterocycles. The summed E-state index contributed by atoms with van der Waals surface area (Å²) < 4.78 is 1.93. The van der Waals surface area contributed by atoms with Crippen molar-refractivity contribution in [3.63, 3.8) is 0 Å². The Kier molecular flexibility index (Phi) is 4.74. The van der Waals surface area contributed by atoms with Crippen molar-refractivity contribution in [3.8, 4) is 0 Å². The molecule has 0 saturated carbocycles. The number of pyridine rings is 1. The third kappa shape index (κ3) is 3.17. The number of rotatable bonds is 6. The van der Waals surface area contributed by atoms with Gasteiger partial charge in [0.05, 0.1) is 0 Å². The fraction of sp³-hybridized carbons (Fsp3) is 0.467. The molecule has 5 nitrogen and oxygen atoms in total. The Morgan fingerprint density at radius 2 is 2.10 bits per heavy atom. The number of carbonyl (C=O) groups excluding carboxylic acids is 1. The van der Waals surface area contributed by atoms with E-state index < -0.39 is 0 Å². The average Bonchev–Trinajstić information content (AvgIpc) is 2.89. The Balaban J connectivity index is 1.99. The fourth-order valence-electron chi connectivity index (χ4n) is 2.22. The molecule has 0 unspecified atom stereocenters. The van der Waals surface area contributed by atoms with Gasteiger partial charge in [-0.2, -0.15) is 0 Å². The lowest BCUT2D eigenvalue weighted by molar-refractivity contribution is 0.0944. The summed E-state index contributed by atoms with van der Waals surface area (Å²) >= 11 is 0. The van der Waals surface area contributed by atoms with Crippen LogP contribution in [-0.4, -0.2) is 46.4 Å². The lowest BCUT2D eigenvalue weighted by Gasteiger charge is -2.17. The maximum absolute atomic E-state index is 12.1. The van der Waals surface area contributed by atoms with Gasteiger partial charge in [-0.05, 0) is 32.1 Å². The highest BCUT2D eigenvalue weighted by molar-refractivity contribution is 5.92. The molecule has 0 radical (unpaired) electrons. The highest BCUT2D eigenvalue weighted by Crippen LogP contribution is 2.08. The minimum atomic E-state index is -0.111. The summed E-state index contributed by atoms with van der Waals surface area (Å²) in [6.07, 6.45) is 1.79. The molecule has 2 rings (SSSR count). The van der Waals surface area contributed by atoms with E-state index in [1.807, 2.05) is 29.5 Å². The van der Waals surface area contributed by atoms with E-state index in [4.69, 9.17) is 0 Å². The van der Waals surface area contributed by atoms with Gasteiger partial charge in [-0.25, -0.2) is 4.98 Å². The van der Waals surface area contributed by atoms with Crippen molar-refractivity contribution in [2.45, 2.75) is 20.8 Å². The monoisotopic (exact) mass is 274 g/mol. The molecule has 0 spiro atoms. The van der Waals surface area contributed by atoms with Gasteiger partial charge < -0.3 is 14.6 Å². The predicted molar refractivity (Wildman–Crippen MR) is 80.1 cm³/mol. The number of aromatic nitrogens is 2. The molecule has 2 aromatic rings. The lowest BCUT2D eigenvalue weighted by Crippen LogP contribution is -2.34. The zero-order chi connectivity index (χ0) is 14.5. The van der Waals surface area contributed by atoms with Gasteiger partial charge in [0.25, 0.3) is 5.91 Å². The normalized spacial score (nSPS) is 11.2. The molecule has 0 aliphatic carbocycles. The van der Waals surface area contributed by atoms with Crippen molar-refractivity contribution in [1.82, 2.24) is 19.6 Å². The van der Waals surface area contributed by atoms with E-state index in [1.165, 1.54) is 0 Å². The van der Waals surface area contributed by atoms with Crippen LogP contribution in [0, 0.1) is 6.92 Å². The molecule has 0 aliphatic rings. The van der Waals surface area contributed by atoms with Gasteiger partial charge in [-0.1, -0.05) is 19.9 Å². The third-order valence-corrected chi connectivity index (χ3v) is 3.54. The molecule has 5 heteroatoms. The molecule has 0 aliphatic heterocycles. The smallest absolute Gasteiger partial charge is 0.271 e. The minimum Gasteiger partial charge on any atom is -0.349 e. The number of nitrogens with zero attached hydrogens (tertiary/aromatic N) is 3. The van der Waals surface area contributed by atoms with Gasteiger partial charge in [0.15, 0.2) is 0 Å². The Labute approximate surface area is 119 Å². The number of aryl methyl sites for hydroxylation is 1. The van der Waals surface area contributed by atoms with Gasteiger partial charge in [-0.15, -0.1) is 0 Å². The standard InChI is InChI=1S/C15H22N4O/c1-4-18(5-2)10-9-16-15(20)13-11-19-12(3)7-6-8-14(19)17-13/h6-8,11H,4-5,9-10H2,1-3H3,(H,16,20). The summed E-state index contributed by atoms with van der Waals surface area (Å²) in [4.78, 5) is 18.7. The second kappa shape index (κ2) is 6.52. The number of carbonyl (C=O) groups is 1. The van der Waals surface area contributed by atoms with E-state index >= 15 is 0 Å². The minimum absolute atomic E-state index is 0.111. The zero-order valence-electron chi connectivity index (χ0n) is 12.4. The number of hydrogen-bond acceptors (Lipinski definition) is 3. The van der Waals surface area contributed by atoms with Crippen LogP contribution in [0.25, 0.3) is 5.65 Å². The molecule has 20 heavy (non-hydrogen) atoms. The number of hydrogen-bond donors (Lipinski definition) is 1. The van der Waals surface area contributed by atoms with E-state index in [0.29, 0.717) is 12.2 Å². The molecule has 0 fully saturated rings. The van der Waals surface area contributed by atoms with Crippen molar-refractivity contribution in [2.24, 2.45) is 0 Å². The van der Waals surface area contributed by atoms with Crippen LogP contribution in [0.1, 0.15) is 30.0 Å². The fourth-order valence-corrected chi connectivity index (χ4v) is 2.22. The lowest BCUT2D eigenvalue weighted by atomic mass is 10.4. The van der Waals surface area contributed by atoms with Crippen LogP contribution in [-0.2, 0) is 0 Å².